The number of carbonyl (C=O) groups is 1. The molecule has 1 aromatic carbocycles. The maximum absolute atomic E-state index is 13.4. The molecule has 1 atom stereocenters. The van der Waals surface area contributed by atoms with E-state index in [-0.39, 0.29) is 33.3 Å². The summed E-state index contributed by atoms with van der Waals surface area (Å²) in [5, 5.41) is 12.3. The van der Waals surface area contributed by atoms with Crippen LogP contribution in [0.4, 0.5) is 23.7 Å². The molecule has 3 N–H and O–H groups in total. The van der Waals surface area contributed by atoms with Gasteiger partial charge >= 0.3 is 12.2 Å². The first-order chi connectivity index (χ1) is 16.8. The molecule has 10 nitrogen and oxygen atoms in total. The van der Waals surface area contributed by atoms with Gasteiger partial charge in [0.05, 0.1) is 37.7 Å². The topological polar surface area (TPSA) is 134 Å². The second-order valence-corrected chi connectivity index (χ2v) is 10.6. The second-order valence-electron chi connectivity index (χ2n) is 8.86. The fourth-order valence-electron chi connectivity index (χ4n) is 3.61. The van der Waals surface area contributed by atoms with Crippen LogP contribution in [0.15, 0.2) is 52.0 Å². The Labute approximate surface area is 204 Å². The van der Waals surface area contributed by atoms with E-state index in [0.717, 1.165) is 12.1 Å². The number of halogens is 3. The fraction of sp³-hybridized carbons (Fsp3) is 0.318. The van der Waals surface area contributed by atoms with Crippen LogP contribution in [-0.2, 0) is 22.6 Å². The number of alkyl halides is 3. The smallest absolute Gasteiger partial charge is 0.416 e. The number of nitrogens with one attached hydrogen (secondary N) is 1. The normalized spacial score (nSPS) is 16.3. The van der Waals surface area contributed by atoms with Gasteiger partial charge in [-0.05, 0) is 23.8 Å². The average Bonchev–Trinajstić information content (AvgIpc) is 3.21. The highest BCUT2D eigenvalue weighted by atomic mass is 32.2. The van der Waals surface area contributed by atoms with Gasteiger partial charge in [0.2, 0.25) is 11.8 Å². The molecule has 4 rings (SSSR count). The number of fused-ring (bicyclic) bond motifs is 1. The third-order valence-corrected chi connectivity index (χ3v) is 6.66. The molecule has 1 aliphatic heterocycles. The summed E-state index contributed by atoms with van der Waals surface area (Å²) >= 11 is 0. The van der Waals surface area contributed by atoms with Crippen LogP contribution in [0, 0.1) is 5.41 Å². The monoisotopic (exact) mass is 524 g/mol. The van der Waals surface area contributed by atoms with Crippen molar-refractivity contribution in [3.8, 4) is 22.9 Å². The Morgan fingerprint density at radius 3 is 2.75 bits per heavy atom. The van der Waals surface area contributed by atoms with Crippen LogP contribution in [-0.4, -0.2) is 38.7 Å². The predicted molar refractivity (Wildman–Crippen MR) is 125 cm³/mol. The summed E-state index contributed by atoms with van der Waals surface area (Å²) in [6.45, 7) is 4.68. The van der Waals surface area contributed by atoms with Gasteiger partial charge < -0.3 is 14.8 Å². The fourth-order valence-corrected chi connectivity index (χ4v) is 4.61. The van der Waals surface area contributed by atoms with Gasteiger partial charge in [-0.1, -0.05) is 19.9 Å². The van der Waals surface area contributed by atoms with Gasteiger partial charge in [-0.3, -0.25) is 0 Å². The van der Waals surface area contributed by atoms with Crippen molar-refractivity contribution in [2.75, 3.05) is 19.0 Å². The lowest BCUT2D eigenvalue weighted by molar-refractivity contribution is -0.137. The van der Waals surface area contributed by atoms with E-state index in [0.29, 0.717) is 18.7 Å². The quantitative estimate of drug-likeness (QED) is 0.522. The van der Waals surface area contributed by atoms with Crippen molar-refractivity contribution in [2.45, 2.75) is 31.5 Å². The molecule has 0 aliphatic carbocycles. The number of urea groups is 1. The third kappa shape index (κ3) is 5.28. The van der Waals surface area contributed by atoms with E-state index in [1.54, 1.807) is 0 Å². The van der Waals surface area contributed by atoms with Crippen molar-refractivity contribution in [1.82, 2.24) is 14.8 Å². The Hall–Kier alpha value is -3.65. The first-order valence-corrected chi connectivity index (χ1v) is 12.1. The van der Waals surface area contributed by atoms with Gasteiger partial charge in [-0.2, -0.15) is 18.3 Å². The summed E-state index contributed by atoms with van der Waals surface area (Å²) < 4.78 is 69.0. The molecule has 3 aromatic rings. The minimum Gasteiger partial charge on any atom is -0.481 e. The molecular weight excluding hydrogens is 501 g/mol. The minimum absolute atomic E-state index is 0.0868. The van der Waals surface area contributed by atoms with Gasteiger partial charge in [0, 0.05) is 23.2 Å². The van der Waals surface area contributed by atoms with Crippen LogP contribution < -0.4 is 19.9 Å². The molecule has 0 radical (unpaired) electrons. The second kappa shape index (κ2) is 9.09. The van der Waals surface area contributed by atoms with Crippen molar-refractivity contribution in [1.29, 1.82) is 0 Å². The number of carbonyl (C=O) groups excluding carboxylic acids is 1. The number of anilines is 1. The third-order valence-electron chi connectivity index (χ3n) is 5.31. The number of benzene rings is 1. The van der Waals surface area contributed by atoms with Crippen LogP contribution >= 0.6 is 0 Å². The summed E-state index contributed by atoms with van der Waals surface area (Å²) in [5.41, 5.74) is -0.810. The Morgan fingerprint density at radius 2 is 2.06 bits per heavy atom. The van der Waals surface area contributed by atoms with Gasteiger partial charge in [-0.25, -0.2) is 23.8 Å². The molecule has 1 aliphatic rings. The van der Waals surface area contributed by atoms with Crippen molar-refractivity contribution in [3.05, 3.63) is 48.3 Å². The molecule has 0 bridgehead atoms. The van der Waals surface area contributed by atoms with Crippen molar-refractivity contribution in [2.24, 2.45) is 14.9 Å². The standard InChI is InChI=1S/C22H23F3N6O4S/c1-21(2)11-31-19(35-12-21)17(10-28-31)36(26,33)30-20(32)29-16-9-14(22(23,24)25)4-5-15(16)13-6-7-27-18(8-13)34-3/h4-10H,11-12H2,1-3H3,(H3,26,29,30,32,33). The maximum Gasteiger partial charge on any atom is 0.416 e. The zero-order valence-corrected chi connectivity index (χ0v) is 20.3. The zero-order chi connectivity index (χ0) is 26.3. The predicted octanol–water partition coefficient (Wildman–Crippen LogP) is 4.32. The minimum atomic E-state index is -4.67. The molecule has 0 saturated heterocycles. The number of ether oxygens (including phenoxy) is 2. The van der Waals surface area contributed by atoms with Gasteiger partial charge in [-0.15, -0.1) is 4.36 Å². The summed E-state index contributed by atoms with van der Waals surface area (Å²) in [6, 6.07) is 4.62. The van der Waals surface area contributed by atoms with Crippen LogP contribution in [0.5, 0.6) is 11.8 Å². The van der Waals surface area contributed by atoms with Gasteiger partial charge in [0.15, 0.2) is 9.92 Å². The first kappa shape index (κ1) is 25.4. The average molecular weight is 525 g/mol. The molecule has 2 amide bonds. The molecule has 0 saturated carbocycles. The number of aromatic nitrogens is 3. The van der Waals surface area contributed by atoms with E-state index < -0.39 is 27.7 Å². The van der Waals surface area contributed by atoms with E-state index >= 15 is 0 Å². The SMILES string of the molecule is COc1cc(-c2ccc(C(F)(F)F)cc2NC(=O)N=S(N)(=O)c2cnn3c2OCC(C)(C)C3)ccn1. The highest BCUT2D eigenvalue weighted by molar-refractivity contribution is 7.91. The van der Waals surface area contributed by atoms with Gasteiger partial charge in [0.25, 0.3) is 0 Å². The van der Waals surface area contributed by atoms with Crippen molar-refractivity contribution >= 4 is 21.6 Å². The van der Waals surface area contributed by atoms with Crippen molar-refractivity contribution < 1.29 is 31.6 Å². The van der Waals surface area contributed by atoms with Crippen LogP contribution in [0.2, 0.25) is 0 Å². The Bertz CT molecular complexity index is 1440. The van der Waals surface area contributed by atoms with E-state index in [4.69, 9.17) is 14.6 Å². The summed E-state index contributed by atoms with van der Waals surface area (Å²) in [5.74, 6) is 0.343. The van der Waals surface area contributed by atoms with E-state index in [1.807, 2.05) is 13.8 Å². The lowest BCUT2D eigenvalue weighted by Crippen LogP contribution is -2.33. The summed E-state index contributed by atoms with van der Waals surface area (Å²) in [7, 11) is -2.45. The lowest BCUT2D eigenvalue weighted by atomic mass is 9.94. The Morgan fingerprint density at radius 1 is 1.31 bits per heavy atom. The molecule has 14 heteroatoms. The summed E-state index contributed by atoms with van der Waals surface area (Å²) in [4.78, 5) is 16.6. The first-order valence-electron chi connectivity index (χ1n) is 10.6. The summed E-state index contributed by atoms with van der Waals surface area (Å²) in [6.07, 6.45) is -2.07. The Balaban J connectivity index is 1.71. The number of amides is 2. The largest absolute Gasteiger partial charge is 0.481 e. The molecule has 36 heavy (non-hydrogen) atoms. The highest BCUT2D eigenvalue weighted by Gasteiger charge is 2.33. The van der Waals surface area contributed by atoms with E-state index in [2.05, 4.69) is 19.8 Å². The zero-order valence-electron chi connectivity index (χ0n) is 19.5. The van der Waals surface area contributed by atoms with Gasteiger partial charge in [0.1, 0.15) is 4.90 Å². The number of nitrogens with zero attached hydrogens (tertiary/aromatic N) is 4. The number of methoxy groups -OCH3 is 1. The van der Waals surface area contributed by atoms with Crippen LogP contribution in [0.1, 0.15) is 19.4 Å². The molecule has 192 valence electrons. The molecule has 1 unspecified atom stereocenters. The highest BCUT2D eigenvalue weighted by Crippen LogP contribution is 2.37. The number of rotatable bonds is 4. The van der Waals surface area contributed by atoms with Crippen LogP contribution in [0.25, 0.3) is 11.1 Å². The van der Waals surface area contributed by atoms with E-state index in [1.165, 1.54) is 42.4 Å². The number of hydrogen-bond acceptors (Lipinski definition) is 6. The maximum atomic E-state index is 13.4. The van der Waals surface area contributed by atoms with Crippen LogP contribution in [0.3, 0.4) is 0 Å². The molecule has 3 heterocycles. The number of hydrogen-bond donors (Lipinski definition) is 2. The molecule has 0 spiro atoms. The molecule has 2 aromatic heterocycles. The lowest BCUT2D eigenvalue weighted by Gasteiger charge is -2.30. The van der Waals surface area contributed by atoms with E-state index in [9.17, 15) is 22.2 Å². The van der Waals surface area contributed by atoms with Crippen molar-refractivity contribution in [3.63, 3.8) is 0 Å². The number of nitrogens with two attached hydrogens (primary N) is 1. The molecular formula is C22H23F3N6O4S. The number of pyridine rings is 1. The molecule has 0 fully saturated rings. The Kier molecular flexibility index (Phi) is 6.43.